The SMILES string of the molecule is CCCCCCCCCCC/C=C\C/C=C\CCCCCCCCCCCCCCCC(=O)NC(COC1OC(CO)C(OC2OC(CO)C(O)C(OC3(C(=O)O)CC(O)C(NC(C)=O)C(C(O)C(O)CO)O3)C2O)C(O)C1O)C(O)/C=C/CCCCCCCCCCCCC. The van der Waals surface area contributed by atoms with Crippen molar-refractivity contribution in [2.45, 2.75) is 381 Å². The summed E-state index contributed by atoms with van der Waals surface area (Å²) in [4.78, 5) is 38.6. The summed E-state index contributed by atoms with van der Waals surface area (Å²) in [5.41, 5.74) is 0. The van der Waals surface area contributed by atoms with Crippen molar-refractivity contribution in [3.05, 3.63) is 36.5 Å². The van der Waals surface area contributed by atoms with E-state index in [-0.39, 0.29) is 12.3 Å². The van der Waals surface area contributed by atoms with E-state index in [4.69, 9.17) is 28.4 Å². The summed E-state index contributed by atoms with van der Waals surface area (Å²) < 4.78 is 34.8. The summed E-state index contributed by atoms with van der Waals surface area (Å²) in [5.74, 6) is -6.14. The van der Waals surface area contributed by atoms with E-state index in [1.807, 2.05) is 6.08 Å². The highest BCUT2D eigenvalue weighted by Crippen LogP contribution is 2.39. The van der Waals surface area contributed by atoms with E-state index in [9.17, 15) is 75.7 Å². The molecule has 3 rings (SSSR count). The van der Waals surface area contributed by atoms with Crippen LogP contribution in [0.2, 0.25) is 0 Å². The quantitative estimate of drug-likeness (QED) is 0.0201. The average molecular weight is 1370 g/mol. The molecule has 2 amide bonds. The van der Waals surface area contributed by atoms with Crippen LogP contribution in [0.25, 0.3) is 0 Å². The van der Waals surface area contributed by atoms with Gasteiger partial charge in [-0.15, -0.1) is 0 Å². The van der Waals surface area contributed by atoms with E-state index in [2.05, 4.69) is 48.8 Å². The molecule has 3 heterocycles. The lowest BCUT2D eigenvalue weighted by Crippen LogP contribution is -2.70. The monoisotopic (exact) mass is 1370 g/mol. The van der Waals surface area contributed by atoms with Crippen LogP contribution < -0.4 is 10.6 Å². The van der Waals surface area contributed by atoms with Gasteiger partial charge in [-0.05, 0) is 51.4 Å². The predicted molar refractivity (Wildman–Crippen MR) is 366 cm³/mol. The number of ether oxygens (including phenoxy) is 6. The van der Waals surface area contributed by atoms with Crippen molar-refractivity contribution in [1.29, 1.82) is 0 Å². The standard InChI is InChI=1S/C73H132N2O21/c1-4-6-8-10-12-14-16-18-19-20-21-22-23-24-25-26-27-28-29-30-31-32-33-35-37-39-41-43-45-47-60(83)75-54(55(80)46-44-42-40-38-36-34-17-15-13-11-9-7-5-2)52-91-70-65(87)64(86)67(59(51-78)93-70)94-71-66(88)69(63(85)58(50-77)92-71)96-73(72(89)90)48-56(81)61(74-53(3)79)68(95-73)62(84)57(82)49-76/h21-22,24-25,44,46,54-59,61-71,76-78,80-82,84-88H,4-20,23,26-43,45,47-52H2,1-3H3,(H,74,79)(H,75,83)(H,89,90)/b22-21-,25-24-,46-44+. The number of amides is 2. The van der Waals surface area contributed by atoms with Gasteiger partial charge in [0.25, 0.3) is 5.79 Å². The molecule has 23 heteroatoms. The highest BCUT2D eigenvalue weighted by atomic mass is 16.8. The lowest BCUT2D eigenvalue weighted by atomic mass is 9.88. The number of rotatable bonds is 57. The minimum absolute atomic E-state index is 0.199. The first-order valence-corrected chi connectivity index (χ1v) is 37.4. The minimum atomic E-state index is -3.08. The molecule has 3 aliphatic heterocycles. The molecular weight excluding hydrogens is 1240 g/mol. The fraction of sp³-hybridized carbons (Fsp3) is 0.877. The van der Waals surface area contributed by atoms with Crippen LogP contribution in [0.15, 0.2) is 36.5 Å². The van der Waals surface area contributed by atoms with Crippen molar-refractivity contribution in [1.82, 2.24) is 10.6 Å². The van der Waals surface area contributed by atoms with Gasteiger partial charge in [0.15, 0.2) is 12.6 Å². The largest absolute Gasteiger partial charge is 0.477 e. The fourth-order valence-electron chi connectivity index (χ4n) is 12.9. The fourth-order valence-corrected chi connectivity index (χ4v) is 12.9. The van der Waals surface area contributed by atoms with Crippen LogP contribution in [0.3, 0.4) is 0 Å². The van der Waals surface area contributed by atoms with Crippen molar-refractivity contribution >= 4 is 17.8 Å². The summed E-state index contributed by atoms with van der Waals surface area (Å²) in [5, 5.41) is 136. The van der Waals surface area contributed by atoms with Gasteiger partial charge < -0.3 is 100 Å². The zero-order valence-electron chi connectivity index (χ0n) is 58.7. The Morgan fingerprint density at radius 3 is 1.47 bits per heavy atom. The van der Waals surface area contributed by atoms with Gasteiger partial charge in [0.05, 0.1) is 50.7 Å². The van der Waals surface area contributed by atoms with Gasteiger partial charge in [-0.3, -0.25) is 9.59 Å². The number of carbonyl (C=O) groups excluding carboxylic acids is 2. The molecule has 0 aromatic carbocycles. The number of aliphatic carboxylic acids is 1. The maximum atomic E-state index is 13.5. The molecule has 0 bridgehead atoms. The van der Waals surface area contributed by atoms with E-state index >= 15 is 0 Å². The molecule has 0 saturated carbocycles. The van der Waals surface area contributed by atoms with Crippen LogP contribution >= 0.6 is 0 Å². The van der Waals surface area contributed by atoms with Gasteiger partial charge in [-0.25, -0.2) is 4.79 Å². The number of carboxylic acids is 1. The lowest BCUT2D eigenvalue weighted by molar-refractivity contribution is -0.386. The Balaban J connectivity index is 1.51. The zero-order valence-corrected chi connectivity index (χ0v) is 58.7. The molecule has 3 fully saturated rings. The Hall–Kier alpha value is -3.05. The summed E-state index contributed by atoms with van der Waals surface area (Å²) in [7, 11) is 0. The molecule has 96 heavy (non-hydrogen) atoms. The van der Waals surface area contributed by atoms with Crippen LogP contribution in [0, 0.1) is 0 Å². The first-order valence-electron chi connectivity index (χ1n) is 37.4. The predicted octanol–water partition coefficient (Wildman–Crippen LogP) is 8.18. The second-order valence-electron chi connectivity index (χ2n) is 27.2. The number of hydrogen-bond acceptors (Lipinski definition) is 20. The Morgan fingerprint density at radius 1 is 0.552 bits per heavy atom. The van der Waals surface area contributed by atoms with E-state index in [0.29, 0.717) is 12.8 Å². The average Bonchev–Trinajstić information content (AvgIpc) is 0.758. The molecule has 18 atom stereocenters. The normalized spacial score (nSPS) is 27.8. The van der Waals surface area contributed by atoms with Gasteiger partial charge in [0.1, 0.15) is 67.1 Å². The van der Waals surface area contributed by atoms with Crippen molar-refractivity contribution in [3.8, 4) is 0 Å². The molecule has 23 nitrogen and oxygen atoms in total. The molecule has 18 unspecified atom stereocenters. The van der Waals surface area contributed by atoms with Crippen molar-refractivity contribution in [2.24, 2.45) is 0 Å². The minimum Gasteiger partial charge on any atom is -0.477 e. The molecule has 0 spiro atoms. The van der Waals surface area contributed by atoms with Gasteiger partial charge in [-0.2, -0.15) is 0 Å². The molecular formula is C73H132N2O21. The summed E-state index contributed by atoms with van der Waals surface area (Å²) in [6.07, 6.45) is 27.7. The number of aliphatic hydroxyl groups excluding tert-OH is 11. The topological polar surface area (TPSA) is 373 Å². The first kappa shape index (κ1) is 87.2. The number of aliphatic hydroxyl groups is 11. The molecule has 0 aromatic heterocycles. The molecule has 560 valence electrons. The number of carboxylic acid groups (broad SMARTS) is 1. The maximum absolute atomic E-state index is 13.5. The molecule has 3 saturated heterocycles. The summed E-state index contributed by atoms with van der Waals surface area (Å²) in [6.45, 7) is 2.13. The maximum Gasteiger partial charge on any atom is 0.364 e. The van der Waals surface area contributed by atoms with E-state index in [1.165, 1.54) is 167 Å². The molecule has 3 aliphatic rings. The third-order valence-electron chi connectivity index (χ3n) is 18.8. The number of hydrogen-bond donors (Lipinski definition) is 14. The van der Waals surface area contributed by atoms with Crippen LogP contribution in [-0.2, 0) is 42.8 Å². The first-order chi connectivity index (χ1) is 46.4. The number of nitrogens with one attached hydrogen (secondary N) is 2. The second kappa shape index (κ2) is 52.9. The van der Waals surface area contributed by atoms with E-state index < -0.39 is 155 Å². The smallest absolute Gasteiger partial charge is 0.364 e. The van der Waals surface area contributed by atoms with Gasteiger partial charge in [0, 0.05) is 19.8 Å². The van der Waals surface area contributed by atoms with Crippen molar-refractivity contribution in [2.75, 3.05) is 26.4 Å². The van der Waals surface area contributed by atoms with Gasteiger partial charge >= 0.3 is 5.97 Å². The Morgan fingerprint density at radius 2 is 1.01 bits per heavy atom. The van der Waals surface area contributed by atoms with Crippen LogP contribution in [0.1, 0.15) is 271 Å². The van der Waals surface area contributed by atoms with Gasteiger partial charge in [0.2, 0.25) is 11.8 Å². The highest BCUT2D eigenvalue weighted by molar-refractivity contribution is 5.77. The third kappa shape index (κ3) is 34.1. The van der Waals surface area contributed by atoms with E-state index in [0.717, 1.165) is 64.7 Å². The van der Waals surface area contributed by atoms with Crippen LogP contribution in [-0.4, -0.2) is 215 Å². The lowest BCUT2D eigenvalue weighted by Gasteiger charge is -2.50. The van der Waals surface area contributed by atoms with Crippen molar-refractivity contribution < 1.29 is 104 Å². The Labute approximate surface area is 574 Å². The van der Waals surface area contributed by atoms with Crippen LogP contribution in [0.4, 0.5) is 0 Å². The Kier molecular flexibility index (Phi) is 48.0. The van der Waals surface area contributed by atoms with Crippen LogP contribution in [0.5, 0.6) is 0 Å². The summed E-state index contributed by atoms with van der Waals surface area (Å²) >= 11 is 0. The number of carbonyl (C=O) groups is 3. The number of unbranched alkanes of at least 4 members (excludes halogenated alkanes) is 33. The highest BCUT2D eigenvalue weighted by Gasteiger charge is 2.60. The van der Waals surface area contributed by atoms with Gasteiger partial charge in [-0.1, -0.05) is 237 Å². The summed E-state index contributed by atoms with van der Waals surface area (Å²) in [6, 6.07) is -2.62. The second-order valence-corrected chi connectivity index (χ2v) is 27.2. The Bertz CT molecular complexity index is 2070. The third-order valence-corrected chi connectivity index (χ3v) is 18.8. The molecule has 0 aliphatic carbocycles. The van der Waals surface area contributed by atoms with Crippen molar-refractivity contribution in [3.63, 3.8) is 0 Å². The van der Waals surface area contributed by atoms with E-state index in [1.54, 1.807) is 6.08 Å². The molecule has 14 N–H and O–H groups in total. The zero-order chi connectivity index (χ0) is 70.4. The molecule has 0 aromatic rings. The number of allylic oxidation sites excluding steroid dienone is 5. The molecule has 0 radical (unpaired) electrons.